The lowest BCUT2D eigenvalue weighted by Gasteiger charge is -2.40. The van der Waals surface area contributed by atoms with Gasteiger partial charge in [0, 0.05) is 12.6 Å². The monoisotopic (exact) mass is 251 g/mol. The van der Waals surface area contributed by atoms with Crippen molar-refractivity contribution in [1.29, 1.82) is 0 Å². The predicted octanol–water partition coefficient (Wildman–Crippen LogP) is 3.50. The summed E-state index contributed by atoms with van der Waals surface area (Å²) in [6.45, 7) is 4.40. The van der Waals surface area contributed by atoms with Crippen LogP contribution in [0.15, 0.2) is 0 Å². The summed E-state index contributed by atoms with van der Waals surface area (Å²) >= 11 is 0. The van der Waals surface area contributed by atoms with Crippen LogP contribution >= 0.6 is 0 Å². The molecule has 0 bridgehead atoms. The maximum Gasteiger partial charge on any atom is 0.0685 e. The van der Waals surface area contributed by atoms with Gasteiger partial charge in [0.1, 0.15) is 0 Å². The van der Waals surface area contributed by atoms with Crippen LogP contribution in [0.2, 0.25) is 0 Å². The molecule has 18 heavy (non-hydrogen) atoms. The summed E-state index contributed by atoms with van der Waals surface area (Å²) in [5, 5.41) is 3.64. The lowest BCUT2D eigenvalue weighted by molar-refractivity contribution is -0.101. The third-order valence-electron chi connectivity index (χ3n) is 5.68. The van der Waals surface area contributed by atoms with Gasteiger partial charge >= 0.3 is 0 Å². The van der Waals surface area contributed by atoms with Crippen LogP contribution in [0.25, 0.3) is 0 Å². The molecule has 2 nitrogen and oxygen atoms in total. The van der Waals surface area contributed by atoms with Crippen LogP contribution < -0.4 is 5.32 Å². The van der Waals surface area contributed by atoms with E-state index in [1.807, 2.05) is 0 Å². The van der Waals surface area contributed by atoms with Gasteiger partial charge < -0.3 is 10.1 Å². The molecule has 0 aromatic carbocycles. The summed E-state index contributed by atoms with van der Waals surface area (Å²) in [6, 6.07) is 0.808. The van der Waals surface area contributed by atoms with Gasteiger partial charge in [-0.1, -0.05) is 19.8 Å². The number of nitrogens with one attached hydrogen (secondary N) is 1. The molecular weight excluding hydrogens is 222 g/mol. The zero-order valence-electron chi connectivity index (χ0n) is 11.9. The zero-order chi connectivity index (χ0) is 12.4. The average Bonchev–Trinajstić information content (AvgIpc) is 3.00. The number of hydrogen-bond acceptors (Lipinski definition) is 2. The van der Waals surface area contributed by atoms with Crippen LogP contribution in [0.5, 0.6) is 0 Å². The molecular formula is C16H29NO. The fourth-order valence-corrected chi connectivity index (χ4v) is 4.75. The maximum absolute atomic E-state index is 6.17. The summed E-state index contributed by atoms with van der Waals surface area (Å²) in [5.74, 6) is 1.94. The number of rotatable bonds is 3. The fraction of sp³-hybridized carbons (Fsp3) is 1.00. The van der Waals surface area contributed by atoms with Crippen LogP contribution in [0.1, 0.15) is 64.7 Å². The van der Waals surface area contributed by atoms with Crippen molar-refractivity contribution < 1.29 is 4.74 Å². The number of hydrogen-bond donors (Lipinski definition) is 1. The lowest BCUT2D eigenvalue weighted by Crippen LogP contribution is -2.39. The highest BCUT2D eigenvalue weighted by molar-refractivity contribution is 4.95. The minimum atomic E-state index is 0.319. The second kappa shape index (κ2) is 5.50. The molecule has 3 rings (SSSR count). The molecule has 2 aliphatic carbocycles. The molecule has 2 heteroatoms. The highest BCUT2D eigenvalue weighted by Crippen LogP contribution is 2.46. The van der Waals surface area contributed by atoms with Crippen molar-refractivity contribution in [3.8, 4) is 0 Å². The van der Waals surface area contributed by atoms with Crippen molar-refractivity contribution in [3.63, 3.8) is 0 Å². The summed E-state index contributed by atoms with van der Waals surface area (Å²) in [7, 11) is 0. The molecule has 104 valence electrons. The van der Waals surface area contributed by atoms with E-state index in [1.54, 1.807) is 0 Å². The van der Waals surface area contributed by atoms with Gasteiger partial charge in [-0.2, -0.15) is 0 Å². The van der Waals surface area contributed by atoms with Gasteiger partial charge in [0.05, 0.1) is 5.60 Å². The summed E-state index contributed by atoms with van der Waals surface area (Å²) in [4.78, 5) is 0. The Balaban J connectivity index is 1.56. The van der Waals surface area contributed by atoms with Crippen LogP contribution in [0.3, 0.4) is 0 Å². The average molecular weight is 251 g/mol. The van der Waals surface area contributed by atoms with Crippen LogP contribution in [-0.4, -0.2) is 24.8 Å². The zero-order valence-corrected chi connectivity index (χ0v) is 11.9. The van der Waals surface area contributed by atoms with E-state index in [0.717, 1.165) is 31.0 Å². The Kier molecular flexibility index (Phi) is 3.95. The quantitative estimate of drug-likeness (QED) is 0.829. The second-order valence-corrected chi connectivity index (χ2v) is 6.82. The Morgan fingerprint density at radius 1 is 1.11 bits per heavy atom. The van der Waals surface area contributed by atoms with Gasteiger partial charge in [-0.15, -0.1) is 0 Å². The molecule has 3 fully saturated rings. The Morgan fingerprint density at radius 2 is 1.94 bits per heavy atom. The van der Waals surface area contributed by atoms with Gasteiger partial charge in [-0.25, -0.2) is 0 Å². The molecule has 3 unspecified atom stereocenters. The molecule has 1 aliphatic heterocycles. The molecule has 1 spiro atoms. The highest BCUT2D eigenvalue weighted by atomic mass is 16.5. The molecule has 1 saturated heterocycles. The smallest absolute Gasteiger partial charge is 0.0685 e. The van der Waals surface area contributed by atoms with E-state index in [9.17, 15) is 0 Å². The van der Waals surface area contributed by atoms with Crippen molar-refractivity contribution in [2.45, 2.75) is 76.4 Å². The van der Waals surface area contributed by atoms with Gasteiger partial charge in [-0.05, 0) is 63.3 Å². The molecule has 1 N–H and O–H groups in total. The normalized spacial score (nSPS) is 39.5. The van der Waals surface area contributed by atoms with E-state index in [2.05, 4.69) is 12.2 Å². The van der Waals surface area contributed by atoms with Crippen molar-refractivity contribution in [3.05, 3.63) is 0 Å². The lowest BCUT2D eigenvalue weighted by atomic mass is 9.77. The second-order valence-electron chi connectivity index (χ2n) is 6.82. The Bertz CT molecular complexity index is 272. The third-order valence-corrected chi connectivity index (χ3v) is 5.68. The molecule has 0 aromatic rings. The molecule has 3 aliphatic rings. The molecule has 0 amide bonds. The first-order valence-electron chi connectivity index (χ1n) is 8.19. The summed E-state index contributed by atoms with van der Waals surface area (Å²) in [5.41, 5.74) is 0.319. The minimum absolute atomic E-state index is 0.319. The van der Waals surface area contributed by atoms with Crippen LogP contribution in [0, 0.1) is 11.8 Å². The van der Waals surface area contributed by atoms with E-state index in [-0.39, 0.29) is 0 Å². The first-order chi connectivity index (χ1) is 8.81. The van der Waals surface area contributed by atoms with Gasteiger partial charge in [0.25, 0.3) is 0 Å². The standard InChI is InChI=1S/C16H29NO/c1-2-17-15-6-5-13(11-15)14-7-10-18-16(12-14)8-3-4-9-16/h13-15,17H,2-12H2,1H3. The molecule has 3 atom stereocenters. The Labute approximate surface area is 112 Å². The first kappa shape index (κ1) is 12.9. The van der Waals surface area contributed by atoms with Gasteiger partial charge in [0.2, 0.25) is 0 Å². The molecule has 2 saturated carbocycles. The largest absolute Gasteiger partial charge is 0.375 e. The van der Waals surface area contributed by atoms with E-state index >= 15 is 0 Å². The third kappa shape index (κ3) is 2.60. The van der Waals surface area contributed by atoms with E-state index in [0.29, 0.717) is 5.60 Å². The summed E-state index contributed by atoms with van der Waals surface area (Å²) < 4.78 is 6.17. The minimum Gasteiger partial charge on any atom is -0.375 e. The van der Waals surface area contributed by atoms with Gasteiger partial charge in [-0.3, -0.25) is 0 Å². The Hall–Kier alpha value is -0.0800. The van der Waals surface area contributed by atoms with Crippen molar-refractivity contribution >= 4 is 0 Å². The molecule has 1 heterocycles. The summed E-state index contributed by atoms with van der Waals surface area (Å²) in [6.07, 6.45) is 12.5. The van der Waals surface area contributed by atoms with Crippen LogP contribution in [-0.2, 0) is 4.74 Å². The molecule has 0 radical (unpaired) electrons. The number of ether oxygens (including phenoxy) is 1. The van der Waals surface area contributed by atoms with E-state index < -0.39 is 0 Å². The molecule has 0 aromatic heterocycles. The van der Waals surface area contributed by atoms with E-state index in [4.69, 9.17) is 4.74 Å². The Morgan fingerprint density at radius 3 is 2.72 bits per heavy atom. The maximum atomic E-state index is 6.17. The SMILES string of the molecule is CCNC1CCC(C2CCOC3(CCCC3)C2)C1. The van der Waals surface area contributed by atoms with Gasteiger partial charge in [0.15, 0.2) is 0 Å². The van der Waals surface area contributed by atoms with Crippen molar-refractivity contribution in [2.24, 2.45) is 11.8 Å². The van der Waals surface area contributed by atoms with Crippen molar-refractivity contribution in [1.82, 2.24) is 5.32 Å². The van der Waals surface area contributed by atoms with Crippen molar-refractivity contribution in [2.75, 3.05) is 13.2 Å². The first-order valence-corrected chi connectivity index (χ1v) is 8.19. The van der Waals surface area contributed by atoms with Crippen LogP contribution in [0.4, 0.5) is 0 Å². The fourth-order valence-electron chi connectivity index (χ4n) is 4.75. The topological polar surface area (TPSA) is 21.3 Å². The highest BCUT2D eigenvalue weighted by Gasteiger charge is 2.43. The predicted molar refractivity (Wildman–Crippen MR) is 74.7 cm³/mol. The van der Waals surface area contributed by atoms with E-state index in [1.165, 1.54) is 57.8 Å².